The topological polar surface area (TPSA) is 52.1 Å². The van der Waals surface area contributed by atoms with E-state index in [9.17, 15) is 0 Å². The van der Waals surface area contributed by atoms with E-state index in [4.69, 9.17) is 9.73 Å². The van der Waals surface area contributed by atoms with Crippen LogP contribution in [0.15, 0.2) is 29.3 Å². The van der Waals surface area contributed by atoms with Gasteiger partial charge in [0.2, 0.25) is 0 Å². The minimum Gasteiger partial charge on any atom is -0.381 e. The summed E-state index contributed by atoms with van der Waals surface area (Å²) in [5.74, 6) is 1.47. The van der Waals surface area contributed by atoms with E-state index in [1.807, 2.05) is 0 Å². The summed E-state index contributed by atoms with van der Waals surface area (Å²) in [6.07, 6.45) is 0.984. The van der Waals surface area contributed by atoms with Gasteiger partial charge in [0.1, 0.15) is 0 Å². The first-order valence-corrected chi connectivity index (χ1v) is 11.2. The van der Waals surface area contributed by atoms with Gasteiger partial charge in [-0.1, -0.05) is 38.1 Å². The van der Waals surface area contributed by atoms with Gasteiger partial charge >= 0.3 is 0 Å². The van der Waals surface area contributed by atoms with Crippen LogP contribution in [0.3, 0.4) is 0 Å². The molecule has 0 aliphatic carbocycles. The third-order valence-electron chi connectivity index (χ3n) is 5.00. The monoisotopic (exact) mass is 403 g/mol. The number of nitrogens with zero attached hydrogens (tertiary/aromatic N) is 3. The summed E-state index contributed by atoms with van der Waals surface area (Å²) in [7, 11) is 2.20. The lowest BCUT2D eigenvalue weighted by Crippen LogP contribution is -2.43. The van der Waals surface area contributed by atoms with Gasteiger partial charge in [0.05, 0.1) is 6.54 Å². The van der Waals surface area contributed by atoms with E-state index in [1.165, 1.54) is 11.1 Å². The van der Waals surface area contributed by atoms with Crippen LogP contribution in [0.1, 0.15) is 38.3 Å². The molecule has 0 bridgehead atoms. The van der Waals surface area contributed by atoms with E-state index < -0.39 is 0 Å². The molecule has 29 heavy (non-hydrogen) atoms. The molecule has 0 radical (unpaired) electrons. The van der Waals surface area contributed by atoms with E-state index in [0.29, 0.717) is 12.5 Å². The number of benzene rings is 1. The number of piperazine rings is 1. The molecule has 0 atom stereocenters. The highest BCUT2D eigenvalue weighted by Gasteiger charge is 2.13. The first kappa shape index (κ1) is 23.6. The van der Waals surface area contributed by atoms with Crippen LogP contribution >= 0.6 is 0 Å². The van der Waals surface area contributed by atoms with Crippen molar-refractivity contribution in [2.75, 3.05) is 59.5 Å². The smallest absolute Gasteiger partial charge is 0.191 e. The third-order valence-corrected chi connectivity index (χ3v) is 5.00. The standard InChI is InChI=1S/C23H41N5O/c1-5-24-23(25-11-6-16-29-19-20(2)3)26-17-21-7-9-22(10-8-21)18-28-14-12-27(4)13-15-28/h7-10,20H,5-6,11-19H2,1-4H3,(H2,24,25,26). The molecule has 0 spiro atoms. The molecule has 1 saturated heterocycles. The summed E-state index contributed by atoms with van der Waals surface area (Å²) >= 11 is 0. The number of aliphatic imine (C=N–C) groups is 1. The van der Waals surface area contributed by atoms with Gasteiger partial charge in [0.25, 0.3) is 0 Å². The fourth-order valence-electron chi connectivity index (χ4n) is 3.23. The summed E-state index contributed by atoms with van der Waals surface area (Å²) in [6, 6.07) is 8.90. The molecule has 1 fully saturated rings. The Kier molecular flexibility index (Phi) is 11.1. The summed E-state index contributed by atoms with van der Waals surface area (Å²) in [4.78, 5) is 9.65. The zero-order valence-corrected chi connectivity index (χ0v) is 18.9. The van der Waals surface area contributed by atoms with Crippen LogP contribution in [0.2, 0.25) is 0 Å². The maximum Gasteiger partial charge on any atom is 0.191 e. The number of rotatable bonds is 11. The molecule has 1 heterocycles. The van der Waals surface area contributed by atoms with Crippen LogP contribution in [0.25, 0.3) is 0 Å². The average molecular weight is 404 g/mol. The van der Waals surface area contributed by atoms with E-state index in [-0.39, 0.29) is 0 Å². The lowest BCUT2D eigenvalue weighted by molar-refractivity contribution is 0.108. The lowest BCUT2D eigenvalue weighted by atomic mass is 10.1. The van der Waals surface area contributed by atoms with Gasteiger partial charge in [0, 0.05) is 59.0 Å². The fraction of sp³-hybridized carbons (Fsp3) is 0.696. The minimum absolute atomic E-state index is 0.592. The highest BCUT2D eigenvalue weighted by Crippen LogP contribution is 2.10. The van der Waals surface area contributed by atoms with Crippen molar-refractivity contribution in [1.82, 2.24) is 20.4 Å². The van der Waals surface area contributed by atoms with Gasteiger partial charge in [-0.2, -0.15) is 0 Å². The summed E-state index contributed by atoms with van der Waals surface area (Å²) in [6.45, 7) is 16.2. The Hall–Kier alpha value is -1.63. The van der Waals surface area contributed by atoms with Crippen LogP contribution in [-0.4, -0.2) is 75.3 Å². The van der Waals surface area contributed by atoms with Crippen LogP contribution in [0.4, 0.5) is 0 Å². The highest BCUT2D eigenvalue weighted by atomic mass is 16.5. The molecular formula is C23H41N5O. The second-order valence-corrected chi connectivity index (χ2v) is 8.34. The van der Waals surface area contributed by atoms with E-state index >= 15 is 0 Å². The minimum atomic E-state index is 0.592. The van der Waals surface area contributed by atoms with Gasteiger partial charge in [0.15, 0.2) is 5.96 Å². The van der Waals surface area contributed by atoms with Crippen LogP contribution in [-0.2, 0) is 17.8 Å². The molecule has 1 aliphatic heterocycles. The first-order valence-electron chi connectivity index (χ1n) is 11.2. The quantitative estimate of drug-likeness (QED) is 0.338. The van der Waals surface area contributed by atoms with E-state index in [0.717, 1.165) is 71.4 Å². The number of hydrogen-bond donors (Lipinski definition) is 2. The maximum absolute atomic E-state index is 5.63. The zero-order chi connectivity index (χ0) is 20.9. The Morgan fingerprint density at radius 3 is 2.41 bits per heavy atom. The Labute approximate surface area is 177 Å². The molecule has 1 aromatic rings. The fourth-order valence-corrected chi connectivity index (χ4v) is 3.23. The van der Waals surface area contributed by atoms with Crippen molar-refractivity contribution < 1.29 is 4.74 Å². The lowest BCUT2D eigenvalue weighted by Gasteiger charge is -2.32. The van der Waals surface area contributed by atoms with Crippen molar-refractivity contribution in [2.45, 2.75) is 40.3 Å². The summed E-state index contributed by atoms with van der Waals surface area (Å²) < 4.78 is 5.63. The molecule has 6 heteroatoms. The number of nitrogens with one attached hydrogen (secondary N) is 2. The van der Waals surface area contributed by atoms with Crippen LogP contribution in [0.5, 0.6) is 0 Å². The Balaban J connectivity index is 1.73. The molecule has 0 unspecified atom stereocenters. The molecule has 6 nitrogen and oxygen atoms in total. The molecule has 164 valence electrons. The Bertz CT molecular complexity index is 579. The zero-order valence-electron chi connectivity index (χ0n) is 18.9. The number of likely N-dealkylation sites (N-methyl/N-ethyl adjacent to an activating group) is 1. The average Bonchev–Trinajstić information content (AvgIpc) is 2.71. The predicted molar refractivity (Wildman–Crippen MR) is 122 cm³/mol. The number of ether oxygens (including phenoxy) is 1. The SMILES string of the molecule is CCNC(=NCc1ccc(CN2CCN(C)CC2)cc1)NCCCOCC(C)C. The van der Waals surface area contributed by atoms with E-state index in [1.54, 1.807) is 0 Å². The maximum atomic E-state index is 5.63. The molecule has 0 saturated carbocycles. The van der Waals surface area contributed by atoms with Crippen molar-refractivity contribution in [2.24, 2.45) is 10.9 Å². The highest BCUT2D eigenvalue weighted by molar-refractivity contribution is 5.79. The van der Waals surface area contributed by atoms with Crippen molar-refractivity contribution in [3.63, 3.8) is 0 Å². The van der Waals surface area contributed by atoms with E-state index in [2.05, 4.69) is 72.5 Å². The van der Waals surface area contributed by atoms with Gasteiger partial charge in [-0.05, 0) is 37.4 Å². The summed E-state index contributed by atoms with van der Waals surface area (Å²) in [5, 5.41) is 6.71. The van der Waals surface area contributed by atoms with Crippen molar-refractivity contribution in [3.8, 4) is 0 Å². The molecule has 2 rings (SSSR count). The Morgan fingerprint density at radius 1 is 1.07 bits per heavy atom. The number of guanidine groups is 1. The molecule has 2 N–H and O–H groups in total. The van der Waals surface area contributed by atoms with Crippen LogP contribution in [0, 0.1) is 5.92 Å². The molecule has 0 aromatic heterocycles. The molecule has 0 amide bonds. The second kappa shape index (κ2) is 13.6. The van der Waals surface area contributed by atoms with Crippen molar-refractivity contribution in [3.05, 3.63) is 35.4 Å². The van der Waals surface area contributed by atoms with Crippen molar-refractivity contribution in [1.29, 1.82) is 0 Å². The summed E-state index contributed by atoms with van der Waals surface area (Å²) in [5.41, 5.74) is 2.62. The second-order valence-electron chi connectivity index (χ2n) is 8.34. The van der Waals surface area contributed by atoms with Gasteiger partial charge in [-0.3, -0.25) is 4.90 Å². The predicted octanol–water partition coefficient (Wildman–Crippen LogP) is 2.55. The van der Waals surface area contributed by atoms with Crippen LogP contribution < -0.4 is 10.6 Å². The molecule has 1 aromatic carbocycles. The van der Waals surface area contributed by atoms with Crippen molar-refractivity contribution >= 4 is 5.96 Å². The Morgan fingerprint density at radius 2 is 1.76 bits per heavy atom. The van der Waals surface area contributed by atoms with Gasteiger partial charge in [-0.25, -0.2) is 4.99 Å². The number of hydrogen-bond acceptors (Lipinski definition) is 4. The molecule has 1 aliphatic rings. The van der Waals surface area contributed by atoms with Gasteiger partial charge < -0.3 is 20.3 Å². The van der Waals surface area contributed by atoms with Gasteiger partial charge in [-0.15, -0.1) is 0 Å². The first-order chi connectivity index (χ1) is 14.1. The molecular weight excluding hydrogens is 362 g/mol. The third kappa shape index (κ3) is 10.1. The normalized spacial score (nSPS) is 16.4. The largest absolute Gasteiger partial charge is 0.381 e.